The summed E-state index contributed by atoms with van der Waals surface area (Å²) in [6, 6.07) is 6.87. The summed E-state index contributed by atoms with van der Waals surface area (Å²) in [4.78, 5) is 10.7. The van der Waals surface area contributed by atoms with E-state index < -0.39 is 11.6 Å². The first-order chi connectivity index (χ1) is 12.1. The van der Waals surface area contributed by atoms with E-state index in [4.69, 9.17) is 10.5 Å². The second kappa shape index (κ2) is 9.62. The number of aliphatic imine (C=N–C) groups is 1. The Kier molecular flexibility index (Phi) is 7.51. The average Bonchev–Trinajstić information content (AvgIpc) is 2.64. The number of nitrogens with one attached hydrogen (secondary N) is 1. The number of halogens is 3. The van der Waals surface area contributed by atoms with Crippen molar-refractivity contribution in [3.63, 3.8) is 0 Å². The molecule has 0 saturated carbocycles. The number of pyridine rings is 1. The molecule has 2 heterocycles. The summed E-state index contributed by atoms with van der Waals surface area (Å²) >= 11 is 0. The summed E-state index contributed by atoms with van der Waals surface area (Å²) in [5.41, 5.74) is 6.63. The van der Waals surface area contributed by atoms with Gasteiger partial charge in [-0.3, -0.25) is 0 Å². The molecule has 6 nitrogen and oxygen atoms in total. The molecular weight excluding hydrogens is 455 g/mol. The summed E-state index contributed by atoms with van der Waals surface area (Å²) in [5, 5.41) is 2.57. The van der Waals surface area contributed by atoms with Gasteiger partial charge < -0.3 is 20.7 Å². The first-order valence-electron chi connectivity index (χ1n) is 7.91. The van der Waals surface area contributed by atoms with Crippen LogP contribution in [-0.2, 0) is 11.3 Å². The molecule has 0 atom stereocenters. The van der Waals surface area contributed by atoms with E-state index in [1.807, 2.05) is 12.1 Å². The number of hydrogen-bond acceptors (Lipinski definition) is 4. The van der Waals surface area contributed by atoms with Crippen LogP contribution in [0.5, 0.6) is 0 Å². The van der Waals surface area contributed by atoms with E-state index in [1.165, 1.54) is 0 Å². The van der Waals surface area contributed by atoms with Gasteiger partial charge in [0.2, 0.25) is 0 Å². The van der Waals surface area contributed by atoms with Gasteiger partial charge in [-0.1, -0.05) is 0 Å². The van der Waals surface area contributed by atoms with Crippen LogP contribution in [0, 0.1) is 11.6 Å². The molecule has 0 spiro atoms. The van der Waals surface area contributed by atoms with E-state index >= 15 is 0 Å². The Morgan fingerprint density at radius 2 is 2.00 bits per heavy atom. The van der Waals surface area contributed by atoms with Crippen LogP contribution in [0.2, 0.25) is 0 Å². The smallest absolute Gasteiger partial charge is 0.193 e. The average molecular weight is 475 g/mol. The maximum Gasteiger partial charge on any atom is 0.193 e. The fraction of sp³-hybridized carbons (Fsp3) is 0.294. The number of anilines is 2. The van der Waals surface area contributed by atoms with Crippen molar-refractivity contribution in [3.8, 4) is 0 Å². The third-order valence-corrected chi connectivity index (χ3v) is 3.77. The molecule has 0 aliphatic carbocycles. The molecule has 0 bridgehead atoms. The van der Waals surface area contributed by atoms with Gasteiger partial charge in [-0.25, -0.2) is 18.8 Å². The van der Waals surface area contributed by atoms with Crippen molar-refractivity contribution in [2.24, 2.45) is 10.7 Å². The molecule has 1 aliphatic heterocycles. The monoisotopic (exact) mass is 475 g/mol. The van der Waals surface area contributed by atoms with E-state index in [-0.39, 0.29) is 35.6 Å². The second-order valence-electron chi connectivity index (χ2n) is 5.57. The quantitative estimate of drug-likeness (QED) is 0.404. The van der Waals surface area contributed by atoms with Crippen molar-refractivity contribution in [1.82, 2.24) is 4.98 Å². The van der Waals surface area contributed by atoms with Gasteiger partial charge in [0.25, 0.3) is 0 Å². The van der Waals surface area contributed by atoms with Crippen molar-refractivity contribution in [1.29, 1.82) is 0 Å². The minimum atomic E-state index is -0.599. The van der Waals surface area contributed by atoms with Gasteiger partial charge in [0.15, 0.2) is 5.96 Å². The Bertz CT molecular complexity index is 769. The Balaban J connectivity index is 0.00000243. The van der Waals surface area contributed by atoms with Gasteiger partial charge in [0.1, 0.15) is 17.5 Å². The zero-order chi connectivity index (χ0) is 17.6. The van der Waals surface area contributed by atoms with E-state index in [0.29, 0.717) is 19.8 Å². The molecule has 2 aromatic rings. The van der Waals surface area contributed by atoms with Crippen LogP contribution in [0.4, 0.5) is 20.3 Å². The molecule has 1 saturated heterocycles. The molecule has 1 aromatic carbocycles. The molecule has 140 valence electrons. The Morgan fingerprint density at radius 1 is 1.23 bits per heavy atom. The third kappa shape index (κ3) is 5.49. The number of nitrogens with zero attached hydrogens (tertiary/aromatic N) is 3. The van der Waals surface area contributed by atoms with Crippen molar-refractivity contribution < 1.29 is 13.5 Å². The third-order valence-electron chi connectivity index (χ3n) is 3.77. The number of rotatable bonds is 4. The molecule has 26 heavy (non-hydrogen) atoms. The van der Waals surface area contributed by atoms with Gasteiger partial charge in [-0.2, -0.15) is 0 Å². The normalized spacial score (nSPS) is 14.7. The standard InChI is InChI=1S/C17H19F2N5O.HI/c18-13-1-2-14(19)15(10-13)23-17(20)22-11-12-3-4-21-16(9-12)24-5-7-25-8-6-24;/h1-4,9-10H,5-8,11H2,(H3,20,22,23);1H. The number of hydrogen-bond donors (Lipinski definition) is 2. The highest BCUT2D eigenvalue weighted by atomic mass is 127. The molecular formula is C17H20F2IN5O. The lowest BCUT2D eigenvalue weighted by Gasteiger charge is -2.27. The SMILES string of the molecule is I.NC(=NCc1ccnc(N2CCOCC2)c1)Nc1cc(F)ccc1F. The second-order valence-corrected chi connectivity index (χ2v) is 5.57. The summed E-state index contributed by atoms with van der Waals surface area (Å²) in [6.45, 7) is 3.25. The lowest BCUT2D eigenvalue weighted by molar-refractivity contribution is 0.122. The van der Waals surface area contributed by atoms with Crippen molar-refractivity contribution in [2.45, 2.75) is 6.54 Å². The van der Waals surface area contributed by atoms with E-state index in [1.54, 1.807) is 6.20 Å². The fourth-order valence-corrected chi connectivity index (χ4v) is 2.47. The van der Waals surface area contributed by atoms with E-state index in [9.17, 15) is 8.78 Å². The van der Waals surface area contributed by atoms with Gasteiger partial charge in [-0.15, -0.1) is 24.0 Å². The molecule has 1 fully saturated rings. The van der Waals surface area contributed by atoms with Crippen LogP contribution in [0.1, 0.15) is 5.56 Å². The molecule has 0 radical (unpaired) electrons. The first kappa shape index (κ1) is 20.3. The Morgan fingerprint density at radius 3 is 2.77 bits per heavy atom. The molecule has 1 aromatic heterocycles. The maximum atomic E-state index is 13.6. The van der Waals surface area contributed by atoms with Crippen molar-refractivity contribution >= 4 is 41.4 Å². The highest BCUT2D eigenvalue weighted by Crippen LogP contribution is 2.16. The summed E-state index contributed by atoms with van der Waals surface area (Å²) < 4.78 is 32.1. The zero-order valence-corrected chi connectivity index (χ0v) is 16.3. The molecule has 9 heteroatoms. The molecule has 1 aliphatic rings. The summed E-state index contributed by atoms with van der Waals surface area (Å²) in [6.07, 6.45) is 1.71. The first-order valence-corrected chi connectivity index (χ1v) is 7.91. The van der Waals surface area contributed by atoms with Crippen LogP contribution in [0.25, 0.3) is 0 Å². The van der Waals surface area contributed by atoms with Crippen LogP contribution >= 0.6 is 24.0 Å². The fourth-order valence-electron chi connectivity index (χ4n) is 2.47. The number of morpholine rings is 1. The number of benzene rings is 1. The Hall–Kier alpha value is -2.01. The van der Waals surface area contributed by atoms with Gasteiger partial charge >= 0.3 is 0 Å². The molecule has 3 rings (SSSR count). The molecule has 0 unspecified atom stereocenters. The maximum absolute atomic E-state index is 13.6. The van der Waals surface area contributed by atoms with Gasteiger partial charge in [-0.05, 0) is 29.8 Å². The summed E-state index contributed by atoms with van der Waals surface area (Å²) in [5.74, 6) is -0.285. The van der Waals surface area contributed by atoms with Gasteiger partial charge in [0, 0.05) is 25.4 Å². The number of guanidine groups is 1. The predicted octanol–water partition coefficient (Wildman–Crippen LogP) is 2.74. The van der Waals surface area contributed by atoms with Crippen LogP contribution in [0.15, 0.2) is 41.5 Å². The van der Waals surface area contributed by atoms with E-state index in [0.717, 1.165) is 42.7 Å². The van der Waals surface area contributed by atoms with Gasteiger partial charge in [0.05, 0.1) is 25.4 Å². The summed E-state index contributed by atoms with van der Waals surface area (Å²) in [7, 11) is 0. The van der Waals surface area contributed by atoms with Crippen LogP contribution in [0.3, 0.4) is 0 Å². The van der Waals surface area contributed by atoms with Crippen molar-refractivity contribution in [3.05, 3.63) is 53.7 Å². The zero-order valence-electron chi connectivity index (χ0n) is 14.0. The van der Waals surface area contributed by atoms with E-state index in [2.05, 4.69) is 20.2 Å². The molecule has 3 N–H and O–H groups in total. The highest BCUT2D eigenvalue weighted by Gasteiger charge is 2.12. The highest BCUT2D eigenvalue weighted by molar-refractivity contribution is 14.0. The molecule has 0 amide bonds. The lowest BCUT2D eigenvalue weighted by atomic mass is 10.2. The van der Waals surface area contributed by atoms with Crippen LogP contribution < -0.4 is 16.0 Å². The minimum absolute atomic E-state index is 0. The van der Waals surface area contributed by atoms with Crippen LogP contribution in [-0.4, -0.2) is 37.2 Å². The lowest BCUT2D eigenvalue weighted by Crippen LogP contribution is -2.36. The van der Waals surface area contributed by atoms with Crippen molar-refractivity contribution in [2.75, 3.05) is 36.5 Å². The number of ether oxygens (including phenoxy) is 1. The Labute approximate surface area is 167 Å². The number of nitrogens with two attached hydrogens (primary N) is 1. The predicted molar refractivity (Wildman–Crippen MR) is 108 cm³/mol. The minimum Gasteiger partial charge on any atom is -0.378 e. The topological polar surface area (TPSA) is 75.8 Å². The largest absolute Gasteiger partial charge is 0.378 e. The number of aromatic nitrogens is 1.